The minimum absolute atomic E-state index is 0.183. The van der Waals surface area contributed by atoms with Gasteiger partial charge in [0.1, 0.15) is 12.2 Å². The number of hydrogen-bond acceptors (Lipinski definition) is 6. The molecule has 0 spiro atoms. The van der Waals surface area contributed by atoms with Crippen LogP contribution in [0.1, 0.15) is 35.8 Å². The molecule has 5 atom stereocenters. The molecule has 1 unspecified atom stereocenters. The molecular weight excluding hydrogens is 509 g/mol. The molecule has 1 aromatic heterocycles. The molecule has 3 aromatic rings. The van der Waals surface area contributed by atoms with Gasteiger partial charge in [0.2, 0.25) is 5.91 Å². The number of aryl methyl sites for hydroxylation is 1. The van der Waals surface area contributed by atoms with E-state index in [1.54, 1.807) is 19.1 Å². The molecule has 188 valence electrons. The number of aliphatic hydroxyl groups is 1. The van der Waals surface area contributed by atoms with Crippen molar-refractivity contribution in [2.24, 2.45) is 0 Å². The van der Waals surface area contributed by atoms with Crippen LogP contribution in [-0.4, -0.2) is 45.5 Å². The summed E-state index contributed by atoms with van der Waals surface area (Å²) in [6.45, 7) is 1.54. The largest absolute Gasteiger partial charge is 0.387 e. The summed E-state index contributed by atoms with van der Waals surface area (Å²) in [6, 6.07) is 12.9. The highest BCUT2D eigenvalue weighted by Crippen LogP contribution is 2.48. The number of fused-ring (bicyclic) bond motifs is 2. The maximum absolute atomic E-state index is 15.0. The number of H-pyrrole nitrogens is 1. The van der Waals surface area contributed by atoms with Crippen molar-refractivity contribution in [3.8, 4) is 0 Å². The van der Waals surface area contributed by atoms with Crippen LogP contribution >= 0.6 is 23.4 Å². The summed E-state index contributed by atoms with van der Waals surface area (Å²) >= 11 is 7.91. The number of carbonyl (C=O) groups excluding carboxylic acids is 1. The molecule has 0 bridgehead atoms. The van der Waals surface area contributed by atoms with Gasteiger partial charge in [0, 0.05) is 28.1 Å². The Hall–Kier alpha value is -2.92. The van der Waals surface area contributed by atoms with Gasteiger partial charge < -0.3 is 15.2 Å². The summed E-state index contributed by atoms with van der Waals surface area (Å²) in [5.74, 6) is -1.00. The summed E-state index contributed by atoms with van der Waals surface area (Å²) in [5.41, 5.74) is 0.456. The van der Waals surface area contributed by atoms with Crippen LogP contribution in [0.3, 0.4) is 0 Å². The first-order chi connectivity index (χ1) is 17.3. The number of ether oxygens (including phenoxy) is 1. The molecule has 1 fully saturated rings. The second-order valence-electron chi connectivity index (χ2n) is 8.65. The average Bonchev–Trinajstić information content (AvgIpc) is 3.15. The van der Waals surface area contributed by atoms with Crippen LogP contribution in [0.25, 0.3) is 0 Å². The molecule has 8 nitrogen and oxygen atoms in total. The normalized spacial score (nSPS) is 24.7. The van der Waals surface area contributed by atoms with Gasteiger partial charge in [0.05, 0.1) is 10.9 Å². The molecule has 3 heterocycles. The fraction of sp³-hybridized carbons (Fsp3) is 0.320. The molecule has 2 aliphatic rings. The van der Waals surface area contributed by atoms with Crippen LogP contribution in [0.5, 0.6) is 0 Å². The van der Waals surface area contributed by atoms with Crippen molar-refractivity contribution in [2.45, 2.75) is 53.7 Å². The first-order valence-electron chi connectivity index (χ1n) is 11.4. The second kappa shape index (κ2) is 9.85. The van der Waals surface area contributed by atoms with Gasteiger partial charge in [-0.2, -0.15) is 0 Å². The minimum atomic E-state index is -1.94. The summed E-state index contributed by atoms with van der Waals surface area (Å²) in [6.07, 6.45) is -4.51. The fourth-order valence-corrected chi connectivity index (χ4v) is 6.04. The summed E-state index contributed by atoms with van der Waals surface area (Å²) < 4.78 is 21.6. The van der Waals surface area contributed by atoms with Gasteiger partial charge in [-0.15, -0.1) is 0 Å². The Labute approximate surface area is 214 Å². The van der Waals surface area contributed by atoms with Crippen LogP contribution in [0.4, 0.5) is 4.39 Å². The van der Waals surface area contributed by atoms with Crippen molar-refractivity contribution in [2.75, 3.05) is 6.54 Å². The molecule has 11 heteroatoms. The lowest BCUT2D eigenvalue weighted by atomic mass is 9.89. The highest BCUT2D eigenvalue weighted by Gasteiger charge is 2.46. The van der Waals surface area contributed by atoms with Crippen LogP contribution in [-0.2, 0) is 16.0 Å². The predicted molar refractivity (Wildman–Crippen MR) is 132 cm³/mol. The van der Waals surface area contributed by atoms with Crippen molar-refractivity contribution in [3.63, 3.8) is 0 Å². The number of nitrogens with one attached hydrogen (secondary N) is 2. The molecule has 2 aliphatic heterocycles. The SMILES string of the molecule is CCc1cn([C@@H]2O[C@H](CNC(=O)C3c4ccccc4Sc4c(Cl)cccc43)[C@@H](O)[C@H]2F)c(=O)[nH]c1=O. The minimum Gasteiger partial charge on any atom is -0.387 e. The van der Waals surface area contributed by atoms with E-state index in [0.717, 1.165) is 25.5 Å². The molecule has 5 rings (SSSR count). The Balaban J connectivity index is 1.37. The van der Waals surface area contributed by atoms with Crippen molar-refractivity contribution >= 4 is 29.3 Å². The Morgan fingerprint density at radius 2 is 1.97 bits per heavy atom. The molecule has 0 aliphatic carbocycles. The van der Waals surface area contributed by atoms with Crippen LogP contribution in [0.2, 0.25) is 5.02 Å². The van der Waals surface area contributed by atoms with E-state index < -0.39 is 41.8 Å². The van der Waals surface area contributed by atoms with Crippen LogP contribution in [0.15, 0.2) is 68.0 Å². The number of aromatic nitrogens is 2. The zero-order valence-corrected chi connectivity index (χ0v) is 20.7. The molecule has 36 heavy (non-hydrogen) atoms. The summed E-state index contributed by atoms with van der Waals surface area (Å²) in [4.78, 5) is 41.4. The van der Waals surface area contributed by atoms with Crippen LogP contribution in [0, 0.1) is 0 Å². The molecule has 0 saturated carbocycles. The number of aromatic amines is 1. The molecule has 0 radical (unpaired) electrons. The topological polar surface area (TPSA) is 113 Å². The zero-order valence-electron chi connectivity index (χ0n) is 19.1. The Morgan fingerprint density at radius 1 is 1.22 bits per heavy atom. The third kappa shape index (κ3) is 4.28. The first kappa shape index (κ1) is 24.8. The average molecular weight is 532 g/mol. The second-order valence-corrected chi connectivity index (χ2v) is 10.1. The highest BCUT2D eigenvalue weighted by molar-refractivity contribution is 7.99. The van der Waals surface area contributed by atoms with Gasteiger partial charge in [-0.3, -0.25) is 19.1 Å². The van der Waals surface area contributed by atoms with Crippen molar-refractivity contribution in [3.05, 3.63) is 91.2 Å². The number of carbonyl (C=O) groups is 1. The van der Waals surface area contributed by atoms with E-state index >= 15 is 0 Å². The van der Waals surface area contributed by atoms with E-state index in [4.69, 9.17) is 16.3 Å². The Morgan fingerprint density at radius 3 is 2.75 bits per heavy atom. The number of aliphatic hydroxyl groups excluding tert-OH is 1. The van der Waals surface area contributed by atoms with E-state index in [-0.39, 0.29) is 18.0 Å². The van der Waals surface area contributed by atoms with E-state index in [1.807, 2.05) is 30.3 Å². The van der Waals surface area contributed by atoms with E-state index in [1.165, 1.54) is 18.0 Å². The van der Waals surface area contributed by atoms with Gasteiger partial charge in [0.15, 0.2) is 12.4 Å². The predicted octanol–water partition coefficient (Wildman–Crippen LogP) is 2.76. The number of benzene rings is 2. The Kier molecular flexibility index (Phi) is 6.78. The lowest BCUT2D eigenvalue weighted by Crippen LogP contribution is -2.41. The number of hydrogen-bond donors (Lipinski definition) is 3. The van der Waals surface area contributed by atoms with Gasteiger partial charge in [-0.05, 0) is 29.7 Å². The maximum atomic E-state index is 15.0. The molecule has 3 N–H and O–H groups in total. The quantitative estimate of drug-likeness (QED) is 0.466. The number of nitrogens with zero attached hydrogens (tertiary/aromatic N) is 1. The number of rotatable bonds is 5. The standard InChI is InChI=1S/C25H23ClFN3O5S/c1-2-12-11-30(25(34)29-22(12)32)24-19(27)20(31)16(35-24)10-28-23(33)18-13-6-3-4-9-17(13)36-21-14(18)7-5-8-15(21)26/h3-9,11,16,18-20,24,31H,2,10H2,1H3,(H,28,33)(H,29,32,34)/t16-,18?,19-,20-,24-/m1/s1. The fourth-order valence-electron chi connectivity index (χ4n) is 4.60. The highest BCUT2D eigenvalue weighted by atomic mass is 35.5. The third-order valence-corrected chi connectivity index (χ3v) is 8.16. The van der Waals surface area contributed by atoms with Crippen molar-refractivity contribution in [1.82, 2.24) is 14.9 Å². The maximum Gasteiger partial charge on any atom is 0.330 e. The molecule has 1 amide bonds. The Bertz CT molecular complexity index is 1440. The monoisotopic (exact) mass is 531 g/mol. The van der Waals surface area contributed by atoms with Gasteiger partial charge in [-0.1, -0.05) is 60.6 Å². The summed E-state index contributed by atoms with van der Waals surface area (Å²) in [5, 5.41) is 13.8. The summed E-state index contributed by atoms with van der Waals surface area (Å²) in [7, 11) is 0. The van der Waals surface area contributed by atoms with Gasteiger partial charge in [-0.25, -0.2) is 9.18 Å². The zero-order chi connectivity index (χ0) is 25.6. The molecule has 1 saturated heterocycles. The van der Waals surface area contributed by atoms with Gasteiger partial charge >= 0.3 is 5.69 Å². The van der Waals surface area contributed by atoms with E-state index in [0.29, 0.717) is 11.4 Å². The lowest BCUT2D eigenvalue weighted by Gasteiger charge is -2.28. The molecule has 2 aromatic carbocycles. The van der Waals surface area contributed by atoms with Gasteiger partial charge in [0.25, 0.3) is 5.56 Å². The van der Waals surface area contributed by atoms with E-state index in [9.17, 15) is 23.9 Å². The smallest absolute Gasteiger partial charge is 0.330 e. The number of alkyl halides is 1. The number of halogens is 2. The van der Waals surface area contributed by atoms with Crippen molar-refractivity contribution < 1.29 is 19.0 Å². The van der Waals surface area contributed by atoms with E-state index in [2.05, 4.69) is 10.3 Å². The first-order valence-corrected chi connectivity index (χ1v) is 12.6. The van der Waals surface area contributed by atoms with Crippen LogP contribution < -0.4 is 16.6 Å². The number of amides is 1. The third-order valence-electron chi connectivity index (χ3n) is 6.48. The molecular formula is C25H23ClFN3O5S. The van der Waals surface area contributed by atoms with Crippen molar-refractivity contribution in [1.29, 1.82) is 0 Å². The lowest BCUT2D eigenvalue weighted by molar-refractivity contribution is -0.122.